The summed E-state index contributed by atoms with van der Waals surface area (Å²) in [5.41, 5.74) is 2.81. The average Bonchev–Trinajstić information content (AvgIpc) is 2.62. The third-order valence-corrected chi connectivity index (χ3v) is 4.33. The maximum absolute atomic E-state index is 13.5. The van der Waals surface area contributed by atoms with Gasteiger partial charge in [-0.15, -0.1) is 0 Å². The van der Waals surface area contributed by atoms with Crippen LogP contribution in [-0.2, 0) is 11.3 Å². The van der Waals surface area contributed by atoms with Crippen LogP contribution in [0, 0.1) is 5.82 Å². The van der Waals surface area contributed by atoms with Gasteiger partial charge in [-0.3, -0.25) is 9.69 Å². The number of hydrogen-bond acceptors (Lipinski definition) is 3. The average molecular weight is 340 g/mol. The van der Waals surface area contributed by atoms with Crippen molar-refractivity contribution >= 4 is 11.5 Å². The van der Waals surface area contributed by atoms with Gasteiger partial charge in [0.1, 0.15) is 11.6 Å². The van der Waals surface area contributed by atoms with Crippen LogP contribution in [0.2, 0.25) is 0 Å². The highest BCUT2D eigenvalue weighted by Gasteiger charge is 2.16. The minimum absolute atomic E-state index is 0.107. The van der Waals surface area contributed by atoms with Gasteiger partial charge in [-0.05, 0) is 35.8 Å². The van der Waals surface area contributed by atoms with Crippen LogP contribution in [0.15, 0.2) is 54.6 Å². The second kappa shape index (κ2) is 7.94. The fraction of sp³-hybridized carbons (Fsp3) is 0.250. The van der Waals surface area contributed by atoms with E-state index in [1.807, 2.05) is 12.1 Å². The number of nitrogens with one attached hydrogen (secondary N) is 1. The highest BCUT2D eigenvalue weighted by Crippen LogP contribution is 2.23. The Hall–Kier alpha value is -2.66. The molecule has 3 rings (SSSR count). The summed E-state index contributed by atoms with van der Waals surface area (Å²) in [5, 5.41) is 12.1. The Balaban J connectivity index is 1.49. The van der Waals surface area contributed by atoms with Crippen LogP contribution >= 0.6 is 0 Å². The molecule has 2 aromatic rings. The van der Waals surface area contributed by atoms with E-state index in [0.717, 1.165) is 18.5 Å². The van der Waals surface area contributed by atoms with Crippen LogP contribution in [0.3, 0.4) is 0 Å². The Morgan fingerprint density at radius 1 is 1.16 bits per heavy atom. The lowest BCUT2D eigenvalue weighted by Gasteiger charge is -2.26. The molecule has 0 atom stereocenters. The first kappa shape index (κ1) is 17.2. The summed E-state index contributed by atoms with van der Waals surface area (Å²) in [6.45, 7) is 1.99. The molecular weight excluding hydrogens is 319 g/mol. The topological polar surface area (TPSA) is 52.6 Å². The fourth-order valence-corrected chi connectivity index (χ4v) is 2.89. The number of amides is 1. The molecule has 1 amide bonds. The number of rotatable bonds is 5. The van der Waals surface area contributed by atoms with Crippen molar-refractivity contribution in [1.29, 1.82) is 0 Å². The number of hydrogen-bond donors (Lipinski definition) is 2. The zero-order chi connectivity index (χ0) is 17.6. The predicted octanol–water partition coefficient (Wildman–Crippen LogP) is 2.94. The maximum Gasteiger partial charge on any atom is 0.234 e. The molecule has 1 aliphatic heterocycles. The molecule has 2 N–H and O–H groups in total. The maximum atomic E-state index is 13.5. The number of carbonyl (C=O) groups excluding carboxylic acids is 1. The van der Waals surface area contributed by atoms with E-state index >= 15 is 0 Å². The van der Waals surface area contributed by atoms with E-state index in [9.17, 15) is 14.3 Å². The predicted molar refractivity (Wildman–Crippen MR) is 95.4 cm³/mol. The van der Waals surface area contributed by atoms with Crippen molar-refractivity contribution < 1.29 is 14.3 Å². The third-order valence-electron chi connectivity index (χ3n) is 4.33. The Morgan fingerprint density at radius 2 is 1.92 bits per heavy atom. The Labute approximate surface area is 146 Å². The summed E-state index contributed by atoms with van der Waals surface area (Å²) in [6.07, 6.45) is 2.96. The van der Waals surface area contributed by atoms with E-state index < -0.39 is 0 Å². The Bertz CT molecular complexity index is 772. The van der Waals surface area contributed by atoms with Gasteiger partial charge in [0.2, 0.25) is 5.91 Å². The second-order valence-corrected chi connectivity index (χ2v) is 6.13. The molecule has 0 aliphatic carbocycles. The van der Waals surface area contributed by atoms with Crippen molar-refractivity contribution in [3.8, 4) is 5.75 Å². The highest BCUT2D eigenvalue weighted by atomic mass is 19.1. The molecule has 0 fully saturated rings. The van der Waals surface area contributed by atoms with Gasteiger partial charge in [-0.2, -0.15) is 0 Å². The monoisotopic (exact) mass is 340 g/mol. The van der Waals surface area contributed by atoms with Crippen LogP contribution in [0.4, 0.5) is 4.39 Å². The molecule has 130 valence electrons. The molecule has 0 aromatic heterocycles. The molecule has 0 bridgehead atoms. The molecule has 1 heterocycles. The summed E-state index contributed by atoms with van der Waals surface area (Å²) < 4.78 is 13.5. The van der Waals surface area contributed by atoms with Gasteiger partial charge in [0.25, 0.3) is 0 Å². The quantitative estimate of drug-likeness (QED) is 0.880. The first-order valence-corrected chi connectivity index (χ1v) is 8.33. The first-order valence-electron chi connectivity index (χ1n) is 8.33. The summed E-state index contributed by atoms with van der Waals surface area (Å²) in [7, 11) is 0. The van der Waals surface area contributed by atoms with Crippen molar-refractivity contribution in [2.24, 2.45) is 0 Å². The smallest absolute Gasteiger partial charge is 0.234 e. The van der Waals surface area contributed by atoms with Gasteiger partial charge in [0.15, 0.2) is 0 Å². The minimum atomic E-state index is -0.303. The third kappa shape index (κ3) is 4.67. The van der Waals surface area contributed by atoms with Crippen LogP contribution in [0.5, 0.6) is 5.75 Å². The molecular formula is C20H21FN2O2. The standard InChI is InChI=1S/C20H21FN2O2/c21-19-4-2-1-3-17(19)13-22-20(25)14-23-11-9-16(10-12-23)15-5-7-18(24)8-6-15/h1-9,24H,10-14H2,(H,22,25). The molecule has 25 heavy (non-hydrogen) atoms. The van der Waals surface area contributed by atoms with Crippen molar-refractivity contribution in [2.45, 2.75) is 13.0 Å². The normalized spacial score (nSPS) is 14.8. The molecule has 0 unspecified atom stereocenters. The Kier molecular flexibility index (Phi) is 5.46. The molecule has 0 saturated carbocycles. The van der Waals surface area contributed by atoms with E-state index in [-0.39, 0.29) is 24.0 Å². The Morgan fingerprint density at radius 3 is 2.60 bits per heavy atom. The van der Waals surface area contributed by atoms with Crippen LogP contribution < -0.4 is 5.32 Å². The summed E-state index contributed by atoms with van der Waals surface area (Å²) in [5.74, 6) is -0.153. The van der Waals surface area contributed by atoms with E-state index in [4.69, 9.17) is 0 Å². The second-order valence-electron chi connectivity index (χ2n) is 6.13. The number of phenolic OH excluding ortho intramolecular Hbond substituents is 1. The van der Waals surface area contributed by atoms with Crippen molar-refractivity contribution in [3.05, 3.63) is 71.6 Å². The van der Waals surface area contributed by atoms with E-state index in [1.54, 1.807) is 30.3 Å². The van der Waals surface area contributed by atoms with Gasteiger partial charge >= 0.3 is 0 Å². The zero-order valence-corrected chi connectivity index (χ0v) is 13.9. The molecule has 2 aromatic carbocycles. The lowest BCUT2D eigenvalue weighted by Crippen LogP contribution is -2.39. The number of aromatic hydroxyl groups is 1. The van der Waals surface area contributed by atoms with E-state index in [2.05, 4.69) is 16.3 Å². The summed E-state index contributed by atoms with van der Waals surface area (Å²) in [6, 6.07) is 13.6. The van der Waals surface area contributed by atoms with E-state index in [0.29, 0.717) is 18.7 Å². The molecule has 0 radical (unpaired) electrons. The largest absolute Gasteiger partial charge is 0.508 e. The zero-order valence-electron chi connectivity index (χ0n) is 13.9. The van der Waals surface area contributed by atoms with Gasteiger partial charge in [0.05, 0.1) is 6.54 Å². The molecule has 4 nitrogen and oxygen atoms in total. The lowest BCUT2D eigenvalue weighted by molar-refractivity contribution is -0.122. The number of benzene rings is 2. The first-order chi connectivity index (χ1) is 12.1. The van der Waals surface area contributed by atoms with E-state index in [1.165, 1.54) is 11.6 Å². The molecule has 5 heteroatoms. The van der Waals surface area contributed by atoms with Crippen LogP contribution in [0.25, 0.3) is 5.57 Å². The number of phenols is 1. The highest BCUT2D eigenvalue weighted by molar-refractivity contribution is 5.78. The van der Waals surface area contributed by atoms with Gasteiger partial charge in [0, 0.05) is 25.2 Å². The minimum Gasteiger partial charge on any atom is -0.508 e. The fourth-order valence-electron chi connectivity index (χ4n) is 2.89. The number of halogens is 1. The molecule has 0 saturated heterocycles. The van der Waals surface area contributed by atoms with Gasteiger partial charge < -0.3 is 10.4 Å². The summed E-state index contributed by atoms with van der Waals surface area (Å²) in [4.78, 5) is 14.1. The van der Waals surface area contributed by atoms with Gasteiger partial charge in [-0.25, -0.2) is 4.39 Å². The summed E-state index contributed by atoms with van der Waals surface area (Å²) >= 11 is 0. The number of nitrogens with zero attached hydrogens (tertiary/aromatic N) is 1. The van der Waals surface area contributed by atoms with Crippen molar-refractivity contribution in [3.63, 3.8) is 0 Å². The van der Waals surface area contributed by atoms with Gasteiger partial charge in [-0.1, -0.05) is 36.4 Å². The number of carbonyl (C=O) groups is 1. The van der Waals surface area contributed by atoms with Crippen molar-refractivity contribution in [2.75, 3.05) is 19.6 Å². The van der Waals surface area contributed by atoms with Crippen LogP contribution in [-0.4, -0.2) is 35.5 Å². The SMILES string of the molecule is O=C(CN1CC=C(c2ccc(O)cc2)CC1)NCc1ccccc1F. The lowest BCUT2D eigenvalue weighted by atomic mass is 9.99. The van der Waals surface area contributed by atoms with Crippen LogP contribution in [0.1, 0.15) is 17.5 Å². The van der Waals surface area contributed by atoms with Crippen molar-refractivity contribution in [1.82, 2.24) is 10.2 Å². The molecule has 1 aliphatic rings. The molecule has 0 spiro atoms.